The van der Waals surface area contributed by atoms with Gasteiger partial charge in [-0.3, -0.25) is 0 Å². The molecule has 0 spiro atoms. The minimum Gasteiger partial charge on any atom is -0.316 e. The van der Waals surface area contributed by atoms with E-state index < -0.39 is 22.7 Å². The maximum absolute atomic E-state index is 12.1. The van der Waals surface area contributed by atoms with Crippen molar-refractivity contribution >= 4 is 17.9 Å². The molecule has 2 aliphatic rings. The molecule has 3 amide bonds. The van der Waals surface area contributed by atoms with Crippen LogP contribution in [0.15, 0.2) is 48.5 Å². The van der Waals surface area contributed by atoms with E-state index in [4.69, 9.17) is 4.84 Å². The van der Waals surface area contributed by atoms with Gasteiger partial charge in [-0.05, 0) is 22.3 Å². The molecule has 132 valence electrons. The van der Waals surface area contributed by atoms with Crippen LogP contribution >= 0.6 is 0 Å². The van der Waals surface area contributed by atoms with Gasteiger partial charge in [-0.1, -0.05) is 48.5 Å². The van der Waals surface area contributed by atoms with Crippen molar-refractivity contribution in [1.82, 2.24) is 5.32 Å². The van der Waals surface area contributed by atoms with Crippen molar-refractivity contribution in [2.24, 2.45) is 0 Å². The molecule has 1 fully saturated rings. The molecule has 2 N–H and O–H groups in total. The van der Waals surface area contributed by atoms with Gasteiger partial charge in [0.15, 0.2) is 0 Å². The zero-order chi connectivity index (χ0) is 18.3. The number of rotatable bonds is 3. The van der Waals surface area contributed by atoms with Gasteiger partial charge < -0.3 is 5.32 Å². The molecule has 2 aromatic rings. The lowest BCUT2D eigenvalue weighted by Crippen LogP contribution is -2.52. The molecule has 2 aromatic carbocycles. The number of nitrogens with one attached hydrogen (secondary N) is 1. The lowest BCUT2D eigenvalue weighted by Gasteiger charge is -2.18. The van der Waals surface area contributed by atoms with Crippen molar-refractivity contribution in [2.75, 3.05) is 6.54 Å². The van der Waals surface area contributed by atoms with Crippen LogP contribution in [-0.4, -0.2) is 34.5 Å². The van der Waals surface area contributed by atoms with Crippen molar-refractivity contribution in [3.05, 3.63) is 59.7 Å². The van der Waals surface area contributed by atoms with Crippen LogP contribution in [0, 0.1) is 0 Å². The Morgan fingerprint density at radius 3 is 2.04 bits per heavy atom. The first-order valence-corrected chi connectivity index (χ1v) is 8.35. The van der Waals surface area contributed by atoms with E-state index in [9.17, 15) is 19.6 Å². The molecule has 7 heteroatoms. The third-order valence-electron chi connectivity index (χ3n) is 4.86. The van der Waals surface area contributed by atoms with E-state index in [1.54, 1.807) is 0 Å². The van der Waals surface area contributed by atoms with Crippen molar-refractivity contribution in [3.8, 4) is 11.1 Å². The normalized spacial score (nSPS) is 17.7. The zero-order valence-electron chi connectivity index (χ0n) is 13.8. The Morgan fingerprint density at radius 2 is 1.50 bits per heavy atom. The molecule has 0 radical (unpaired) electrons. The number of nitrogens with zero attached hydrogens (tertiary/aromatic N) is 1. The van der Waals surface area contributed by atoms with Crippen molar-refractivity contribution in [2.45, 2.75) is 18.8 Å². The average molecular weight is 353 g/mol. The third-order valence-corrected chi connectivity index (χ3v) is 4.86. The first kappa shape index (κ1) is 16.4. The highest BCUT2D eigenvalue weighted by atomic mass is 17.0. The van der Waals surface area contributed by atoms with E-state index in [0.29, 0.717) is 0 Å². The summed E-state index contributed by atoms with van der Waals surface area (Å²) in [7, 11) is 0. The average Bonchev–Trinajstić information content (AvgIpc) is 3.10. The number of hydrogen-bond acceptors (Lipinski definition) is 5. The summed E-state index contributed by atoms with van der Waals surface area (Å²) in [6.07, 6.45) is -1.31. The van der Waals surface area contributed by atoms with Crippen LogP contribution in [0.4, 0.5) is 4.79 Å². The fourth-order valence-corrected chi connectivity index (χ4v) is 3.58. The van der Waals surface area contributed by atoms with Crippen LogP contribution in [0.1, 0.15) is 29.9 Å². The van der Waals surface area contributed by atoms with E-state index in [2.05, 4.69) is 5.32 Å². The number of amides is 3. The van der Waals surface area contributed by atoms with Crippen molar-refractivity contribution in [3.63, 3.8) is 0 Å². The molecule has 0 aromatic heterocycles. The summed E-state index contributed by atoms with van der Waals surface area (Å²) in [5.41, 5.74) is 4.38. The number of carbonyl (C=O) groups is 3. The van der Waals surface area contributed by atoms with Gasteiger partial charge in [0.25, 0.3) is 0 Å². The Bertz CT molecular complexity index is 862. The Kier molecular flexibility index (Phi) is 3.82. The second-order valence-electron chi connectivity index (χ2n) is 6.35. The van der Waals surface area contributed by atoms with E-state index in [-0.39, 0.29) is 25.3 Å². The maximum Gasteiger partial charge on any atom is 0.468 e. The molecule has 0 bridgehead atoms. The van der Waals surface area contributed by atoms with Crippen molar-refractivity contribution < 1.29 is 29.2 Å². The number of quaternary nitrogens is 1. The third kappa shape index (κ3) is 2.49. The number of hydroxylamine groups is 4. The van der Waals surface area contributed by atoms with Crippen LogP contribution < -0.4 is 5.32 Å². The van der Waals surface area contributed by atoms with Crippen LogP contribution in [0.5, 0.6) is 0 Å². The van der Waals surface area contributed by atoms with Gasteiger partial charge in [0.05, 0.1) is 12.8 Å². The molecule has 4 rings (SSSR count). The first-order valence-electron chi connectivity index (χ1n) is 8.35. The fourth-order valence-electron chi connectivity index (χ4n) is 3.58. The molecular formula is C19H17N2O5+. The Labute approximate surface area is 149 Å². The van der Waals surface area contributed by atoms with E-state index in [1.165, 1.54) is 0 Å². The standard InChI is InChI=1S/C19H16N2O5/c22-17-9-10-18(23)21(17,25)26-19(24)20-11-16-14-7-3-1-5-12(14)13-6-2-4-8-15(13)16/h1-8,16,25H,9-11H2/p+1. The predicted molar refractivity (Wildman–Crippen MR) is 89.5 cm³/mol. The van der Waals surface area contributed by atoms with Gasteiger partial charge in [0.2, 0.25) is 0 Å². The summed E-state index contributed by atoms with van der Waals surface area (Å²) in [6.45, 7) is 0.218. The van der Waals surface area contributed by atoms with Crippen LogP contribution in [-0.2, 0) is 14.4 Å². The lowest BCUT2D eigenvalue weighted by atomic mass is 9.97. The monoisotopic (exact) mass is 353 g/mol. The van der Waals surface area contributed by atoms with Gasteiger partial charge in [-0.2, -0.15) is 5.21 Å². The van der Waals surface area contributed by atoms with E-state index >= 15 is 0 Å². The van der Waals surface area contributed by atoms with E-state index in [0.717, 1.165) is 22.3 Å². The molecule has 0 unspecified atom stereocenters. The molecule has 0 saturated carbocycles. The number of hydrogen-bond donors (Lipinski definition) is 2. The number of fused-ring (bicyclic) bond motifs is 3. The van der Waals surface area contributed by atoms with Crippen LogP contribution in [0.2, 0.25) is 0 Å². The Hall–Kier alpha value is -3.03. The number of benzene rings is 2. The van der Waals surface area contributed by atoms with Gasteiger partial charge in [0, 0.05) is 12.5 Å². The Balaban J connectivity index is 1.51. The van der Waals surface area contributed by atoms with Gasteiger partial charge in [0.1, 0.15) is 4.81 Å². The summed E-state index contributed by atoms with van der Waals surface area (Å²) >= 11 is 0. The fraction of sp³-hybridized carbons (Fsp3) is 0.211. The number of carbonyl (C=O) groups excluding carboxylic acids is 3. The molecule has 1 aliphatic heterocycles. The maximum atomic E-state index is 12.1. The smallest absolute Gasteiger partial charge is 0.316 e. The summed E-state index contributed by atoms with van der Waals surface area (Å²) in [5.74, 6) is -1.77. The SMILES string of the molecule is O=C(NCC1c2ccccc2-c2ccccc21)O[N+]1(O)C(=O)CCC1=O. The highest BCUT2D eigenvalue weighted by Crippen LogP contribution is 2.44. The second kappa shape index (κ2) is 6.05. The predicted octanol–water partition coefficient (Wildman–Crippen LogP) is 2.49. The molecule has 1 saturated heterocycles. The molecule has 26 heavy (non-hydrogen) atoms. The lowest BCUT2D eigenvalue weighted by molar-refractivity contribution is -1.12. The quantitative estimate of drug-likeness (QED) is 0.502. The minimum absolute atomic E-state index is 0.0768. The van der Waals surface area contributed by atoms with Gasteiger partial charge >= 0.3 is 17.9 Å². The number of imide groups is 1. The molecular weight excluding hydrogens is 336 g/mol. The second-order valence-corrected chi connectivity index (χ2v) is 6.35. The summed E-state index contributed by atoms with van der Waals surface area (Å²) < 4.78 is 0. The van der Waals surface area contributed by atoms with Gasteiger partial charge in [-0.25, -0.2) is 19.2 Å². The van der Waals surface area contributed by atoms with Crippen LogP contribution in [0.25, 0.3) is 11.1 Å². The molecule has 7 nitrogen and oxygen atoms in total. The molecule has 1 heterocycles. The molecule has 1 aliphatic carbocycles. The molecule has 0 atom stereocenters. The largest absolute Gasteiger partial charge is 0.468 e. The minimum atomic E-state index is -1.91. The topological polar surface area (TPSA) is 92.7 Å². The Morgan fingerprint density at radius 1 is 1.00 bits per heavy atom. The summed E-state index contributed by atoms with van der Waals surface area (Å²) in [5, 5.41) is 12.5. The highest BCUT2D eigenvalue weighted by Gasteiger charge is 2.55. The summed E-state index contributed by atoms with van der Waals surface area (Å²) in [6, 6.07) is 15.9. The van der Waals surface area contributed by atoms with Gasteiger partial charge in [-0.15, -0.1) is 0 Å². The highest BCUT2D eigenvalue weighted by molar-refractivity contribution is 5.91. The van der Waals surface area contributed by atoms with E-state index in [1.807, 2.05) is 48.5 Å². The van der Waals surface area contributed by atoms with Crippen molar-refractivity contribution in [1.29, 1.82) is 0 Å². The van der Waals surface area contributed by atoms with Crippen LogP contribution in [0.3, 0.4) is 0 Å². The zero-order valence-corrected chi connectivity index (χ0v) is 13.8. The summed E-state index contributed by atoms with van der Waals surface area (Å²) in [4.78, 5) is 38.1. The first-order chi connectivity index (χ1) is 12.5.